The minimum Gasteiger partial charge on any atom is -0.367 e. The lowest BCUT2D eigenvalue weighted by atomic mass is 10.2. The lowest BCUT2D eigenvalue weighted by Gasteiger charge is -2.18. The Hall–Kier alpha value is -1.88. The fraction of sp³-hybridized carbons (Fsp3) is 0.429. The van der Waals surface area contributed by atoms with Gasteiger partial charge < -0.3 is 10.2 Å². The lowest BCUT2D eigenvalue weighted by molar-refractivity contribution is 0.316. The number of benzene rings is 1. The number of fused-ring (bicyclic) bond motifs is 1. The van der Waals surface area contributed by atoms with Crippen LogP contribution in [0.15, 0.2) is 29.1 Å². The molecule has 2 N–H and O–H groups in total. The molecule has 0 atom stereocenters. The molecule has 1 aromatic carbocycles. The first kappa shape index (κ1) is 13.5. The van der Waals surface area contributed by atoms with E-state index in [-0.39, 0.29) is 5.56 Å². The third kappa shape index (κ3) is 3.12. The predicted molar refractivity (Wildman–Crippen MR) is 78.6 cm³/mol. The summed E-state index contributed by atoms with van der Waals surface area (Å²) in [5.41, 5.74) is -0.148. The van der Waals surface area contributed by atoms with Crippen molar-refractivity contribution in [3.63, 3.8) is 0 Å². The second kappa shape index (κ2) is 6.33. The van der Waals surface area contributed by atoms with Crippen molar-refractivity contribution in [2.75, 3.05) is 31.5 Å². The molecule has 2 aromatic rings. The van der Waals surface area contributed by atoms with Crippen LogP contribution in [0.1, 0.15) is 13.8 Å². The van der Waals surface area contributed by atoms with Gasteiger partial charge in [-0.25, -0.2) is 5.10 Å². The second-order valence-electron chi connectivity index (χ2n) is 4.40. The highest BCUT2D eigenvalue weighted by Crippen LogP contribution is 2.16. The van der Waals surface area contributed by atoms with Crippen LogP contribution in [-0.4, -0.2) is 41.3 Å². The Labute approximate surface area is 112 Å². The van der Waals surface area contributed by atoms with Gasteiger partial charge in [-0.3, -0.25) is 4.79 Å². The largest absolute Gasteiger partial charge is 0.367 e. The molecule has 5 heteroatoms. The molecule has 0 bridgehead atoms. The first-order valence-electron chi connectivity index (χ1n) is 6.70. The summed E-state index contributed by atoms with van der Waals surface area (Å²) in [7, 11) is 0. The summed E-state index contributed by atoms with van der Waals surface area (Å²) in [6, 6.07) is 7.50. The maximum Gasteiger partial charge on any atom is 0.272 e. The van der Waals surface area contributed by atoms with E-state index in [1.807, 2.05) is 24.3 Å². The van der Waals surface area contributed by atoms with Gasteiger partial charge in [0.2, 0.25) is 0 Å². The van der Waals surface area contributed by atoms with Crippen LogP contribution >= 0.6 is 0 Å². The minimum atomic E-state index is -0.148. The van der Waals surface area contributed by atoms with Crippen LogP contribution in [0.5, 0.6) is 0 Å². The average molecular weight is 260 g/mol. The summed E-state index contributed by atoms with van der Waals surface area (Å²) in [6.07, 6.45) is 0. The number of likely N-dealkylation sites (N-methyl/N-ethyl adjacent to an activating group) is 1. The molecular formula is C14H20N4O. The summed E-state index contributed by atoms with van der Waals surface area (Å²) >= 11 is 0. The van der Waals surface area contributed by atoms with Crippen LogP contribution in [0, 0.1) is 0 Å². The van der Waals surface area contributed by atoms with E-state index in [0.29, 0.717) is 5.39 Å². The van der Waals surface area contributed by atoms with E-state index >= 15 is 0 Å². The number of nitrogens with zero attached hydrogens (tertiary/aromatic N) is 2. The molecule has 0 aliphatic rings. The molecule has 0 unspecified atom stereocenters. The molecule has 0 amide bonds. The highest BCUT2D eigenvalue weighted by molar-refractivity contribution is 5.90. The first-order valence-corrected chi connectivity index (χ1v) is 6.70. The average Bonchev–Trinajstić information content (AvgIpc) is 2.46. The van der Waals surface area contributed by atoms with Crippen molar-refractivity contribution in [3.8, 4) is 0 Å². The van der Waals surface area contributed by atoms with Crippen molar-refractivity contribution in [1.29, 1.82) is 0 Å². The lowest BCUT2D eigenvalue weighted by Crippen LogP contribution is -2.29. The summed E-state index contributed by atoms with van der Waals surface area (Å²) in [5.74, 6) is 0.738. The zero-order valence-electron chi connectivity index (χ0n) is 11.4. The van der Waals surface area contributed by atoms with Crippen LogP contribution in [0.25, 0.3) is 10.8 Å². The third-order valence-electron chi connectivity index (χ3n) is 3.31. The molecule has 0 saturated carbocycles. The fourth-order valence-electron chi connectivity index (χ4n) is 2.12. The number of H-pyrrole nitrogens is 1. The molecule has 0 aliphatic carbocycles. The number of aromatic amines is 1. The van der Waals surface area contributed by atoms with E-state index in [1.165, 1.54) is 0 Å². The quantitative estimate of drug-likeness (QED) is 0.829. The zero-order chi connectivity index (χ0) is 13.7. The molecule has 0 saturated heterocycles. The van der Waals surface area contributed by atoms with Crippen LogP contribution in [0.2, 0.25) is 0 Å². The van der Waals surface area contributed by atoms with Gasteiger partial charge in [0.1, 0.15) is 0 Å². The molecule has 0 fully saturated rings. The maximum absolute atomic E-state index is 11.7. The van der Waals surface area contributed by atoms with Crippen molar-refractivity contribution in [1.82, 2.24) is 15.1 Å². The van der Waals surface area contributed by atoms with E-state index in [4.69, 9.17) is 0 Å². The standard InChI is InChI=1S/C14H20N4O/c1-3-18(4-2)10-9-15-13-11-7-5-6-8-12(11)14(19)17-16-13/h5-8H,3-4,9-10H2,1-2H3,(H,15,16)(H,17,19). The van der Waals surface area contributed by atoms with Gasteiger partial charge in [0, 0.05) is 18.5 Å². The van der Waals surface area contributed by atoms with E-state index in [0.717, 1.165) is 37.4 Å². The van der Waals surface area contributed by atoms with Crippen LogP contribution in [0.3, 0.4) is 0 Å². The van der Waals surface area contributed by atoms with Gasteiger partial charge in [-0.15, -0.1) is 0 Å². The number of aromatic nitrogens is 2. The maximum atomic E-state index is 11.7. The summed E-state index contributed by atoms with van der Waals surface area (Å²) < 4.78 is 0. The van der Waals surface area contributed by atoms with Gasteiger partial charge in [0.05, 0.1) is 5.39 Å². The number of rotatable bonds is 6. The van der Waals surface area contributed by atoms with Crippen LogP contribution in [0.4, 0.5) is 5.82 Å². The van der Waals surface area contributed by atoms with Crippen molar-refractivity contribution in [2.24, 2.45) is 0 Å². The van der Waals surface area contributed by atoms with Crippen molar-refractivity contribution in [3.05, 3.63) is 34.6 Å². The van der Waals surface area contributed by atoms with E-state index < -0.39 is 0 Å². The molecule has 0 spiro atoms. The van der Waals surface area contributed by atoms with E-state index in [2.05, 4.69) is 34.3 Å². The van der Waals surface area contributed by atoms with Gasteiger partial charge >= 0.3 is 0 Å². The van der Waals surface area contributed by atoms with Gasteiger partial charge in [0.25, 0.3) is 5.56 Å². The Kier molecular flexibility index (Phi) is 4.52. The summed E-state index contributed by atoms with van der Waals surface area (Å²) in [6.45, 7) is 8.15. The predicted octanol–water partition coefficient (Wildman–Crippen LogP) is 1.68. The Bertz CT molecular complexity index is 589. The number of nitrogens with one attached hydrogen (secondary N) is 2. The van der Waals surface area contributed by atoms with Crippen molar-refractivity contribution in [2.45, 2.75) is 13.8 Å². The molecule has 0 radical (unpaired) electrons. The Balaban J connectivity index is 2.13. The van der Waals surface area contributed by atoms with Crippen molar-refractivity contribution < 1.29 is 0 Å². The van der Waals surface area contributed by atoms with Gasteiger partial charge in [-0.2, -0.15) is 5.10 Å². The Morgan fingerprint density at radius 1 is 1.21 bits per heavy atom. The molecule has 102 valence electrons. The normalized spacial score (nSPS) is 11.1. The molecule has 2 rings (SSSR count). The van der Waals surface area contributed by atoms with E-state index in [1.54, 1.807) is 0 Å². The van der Waals surface area contributed by atoms with Crippen LogP contribution < -0.4 is 10.9 Å². The fourth-order valence-corrected chi connectivity index (χ4v) is 2.12. The van der Waals surface area contributed by atoms with Crippen molar-refractivity contribution >= 4 is 16.6 Å². The highest BCUT2D eigenvalue weighted by Gasteiger charge is 2.05. The Morgan fingerprint density at radius 3 is 2.58 bits per heavy atom. The number of hydrogen-bond donors (Lipinski definition) is 2. The highest BCUT2D eigenvalue weighted by atomic mass is 16.1. The number of hydrogen-bond acceptors (Lipinski definition) is 4. The molecular weight excluding hydrogens is 240 g/mol. The SMILES string of the molecule is CCN(CC)CCNc1n[nH]c(=O)c2ccccc12. The monoisotopic (exact) mass is 260 g/mol. The first-order chi connectivity index (χ1) is 9.26. The smallest absolute Gasteiger partial charge is 0.272 e. The van der Waals surface area contributed by atoms with Gasteiger partial charge in [-0.05, 0) is 19.2 Å². The Morgan fingerprint density at radius 2 is 1.89 bits per heavy atom. The van der Waals surface area contributed by atoms with E-state index in [9.17, 15) is 4.79 Å². The molecule has 1 aromatic heterocycles. The third-order valence-corrected chi connectivity index (χ3v) is 3.31. The number of anilines is 1. The van der Waals surface area contributed by atoms with Gasteiger partial charge in [0.15, 0.2) is 5.82 Å². The van der Waals surface area contributed by atoms with Crippen LogP contribution in [-0.2, 0) is 0 Å². The summed E-state index contributed by atoms with van der Waals surface area (Å²) in [4.78, 5) is 14.0. The topological polar surface area (TPSA) is 61.0 Å². The second-order valence-corrected chi connectivity index (χ2v) is 4.40. The minimum absolute atomic E-state index is 0.148. The zero-order valence-corrected chi connectivity index (χ0v) is 11.4. The molecule has 5 nitrogen and oxygen atoms in total. The molecule has 19 heavy (non-hydrogen) atoms. The molecule has 0 aliphatic heterocycles. The van der Waals surface area contributed by atoms with Gasteiger partial charge in [-0.1, -0.05) is 32.0 Å². The summed E-state index contributed by atoms with van der Waals surface area (Å²) in [5, 5.41) is 11.4. The molecule has 1 heterocycles.